The molecule has 1 heterocycles. The van der Waals surface area contributed by atoms with E-state index in [1.165, 1.54) is 0 Å². The lowest BCUT2D eigenvalue weighted by Gasteiger charge is -2.13. The molecule has 1 aromatic carbocycles. The highest BCUT2D eigenvalue weighted by molar-refractivity contribution is 5.57. The van der Waals surface area contributed by atoms with Crippen molar-refractivity contribution in [2.75, 3.05) is 26.6 Å². The maximum absolute atomic E-state index is 9.17. The van der Waals surface area contributed by atoms with E-state index < -0.39 is 0 Å². The van der Waals surface area contributed by atoms with E-state index in [-0.39, 0.29) is 0 Å². The summed E-state index contributed by atoms with van der Waals surface area (Å²) in [5.74, 6) is 1.54. The van der Waals surface area contributed by atoms with Gasteiger partial charge in [0.25, 0.3) is 0 Å². The van der Waals surface area contributed by atoms with Crippen LogP contribution in [0.5, 0.6) is 17.4 Å². The van der Waals surface area contributed by atoms with Crippen molar-refractivity contribution in [3.05, 3.63) is 36.0 Å². The predicted molar refractivity (Wildman–Crippen MR) is 78.5 cm³/mol. The van der Waals surface area contributed by atoms with E-state index >= 15 is 0 Å². The molecule has 0 aliphatic heterocycles. The molecule has 6 heteroatoms. The van der Waals surface area contributed by atoms with Gasteiger partial charge in [-0.1, -0.05) is 12.1 Å². The van der Waals surface area contributed by atoms with Crippen LogP contribution in [-0.4, -0.2) is 25.4 Å². The molecule has 6 nitrogen and oxygen atoms in total. The molecule has 0 bridgehead atoms. The van der Waals surface area contributed by atoms with Gasteiger partial charge in [-0.3, -0.25) is 4.57 Å². The fraction of sp³-hybridized carbons (Fsp3) is 0.267. The summed E-state index contributed by atoms with van der Waals surface area (Å²) in [4.78, 5) is 0. The fourth-order valence-corrected chi connectivity index (χ4v) is 1.97. The molecule has 0 saturated heterocycles. The number of aromatic nitrogens is 1. The summed E-state index contributed by atoms with van der Waals surface area (Å²) < 4.78 is 17.8. The van der Waals surface area contributed by atoms with E-state index in [2.05, 4.69) is 6.07 Å². The van der Waals surface area contributed by atoms with Crippen molar-refractivity contribution >= 4 is 5.69 Å². The zero-order chi connectivity index (χ0) is 15.2. The van der Waals surface area contributed by atoms with E-state index in [0.29, 0.717) is 41.9 Å². The highest BCUT2D eigenvalue weighted by Gasteiger charge is 2.16. The van der Waals surface area contributed by atoms with Crippen LogP contribution in [0.3, 0.4) is 0 Å². The molecule has 0 spiro atoms. The largest absolute Gasteiger partial charge is 0.493 e. The quantitative estimate of drug-likeness (QED) is 0.882. The van der Waals surface area contributed by atoms with Gasteiger partial charge in [0.2, 0.25) is 5.88 Å². The van der Waals surface area contributed by atoms with Crippen molar-refractivity contribution in [2.45, 2.75) is 6.54 Å². The third-order valence-corrected chi connectivity index (χ3v) is 2.98. The molecule has 0 aliphatic carbocycles. The number of nitrogen functional groups attached to an aromatic ring is 1. The number of benzene rings is 1. The summed E-state index contributed by atoms with van der Waals surface area (Å²) in [5.41, 5.74) is 6.77. The van der Waals surface area contributed by atoms with Crippen LogP contribution in [0.25, 0.3) is 0 Å². The van der Waals surface area contributed by atoms with Gasteiger partial charge >= 0.3 is 0 Å². The summed E-state index contributed by atoms with van der Waals surface area (Å²) in [7, 11) is 3.16. The average Bonchev–Trinajstić information content (AvgIpc) is 2.81. The van der Waals surface area contributed by atoms with Crippen LogP contribution in [0.4, 0.5) is 5.69 Å². The number of rotatable bonds is 6. The first kappa shape index (κ1) is 14.8. The first-order chi connectivity index (χ1) is 10.2. The zero-order valence-electron chi connectivity index (χ0n) is 12.0. The lowest BCUT2D eigenvalue weighted by molar-refractivity contribution is 0.184. The standard InChI is InChI=1S/C15H17N3O3/c1-19-8-7-18-11(10-16)9-12(17)15(18)21-14-6-4-3-5-13(14)20-2/h3-6,9H,7-8,17H2,1-2H3. The molecule has 0 fully saturated rings. The summed E-state index contributed by atoms with van der Waals surface area (Å²) >= 11 is 0. The Morgan fingerprint density at radius 3 is 2.57 bits per heavy atom. The van der Waals surface area contributed by atoms with Crippen LogP contribution in [0.2, 0.25) is 0 Å². The highest BCUT2D eigenvalue weighted by atomic mass is 16.5. The maximum atomic E-state index is 9.17. The maximum Gasteiger partial charge on any atom is 0.224 e. The van der Waals surface area contributed by atoms with E-state index in [1.54, 1.807) is 37.0 Å². The zero-order valence-corrected chi connectivity index (χ0v) is 12.0. The third kappa shape index (κ3) is 3.09. The Hall–Kier alpha value is -2.65. The number of nitrogens with two attached hydrogens (primary N) is 1. The molecule has 0 amide bonds. The second-order valence-corrected chi connectivity index (χ2v) is 4.30. The Morgan fingerprint density at radius 1 is 1.24 bits per heavy atom. The minimum Gasteiger partial charge on any atom is -0.493 e. The van der Waals surface area contributed by atoms with Crippen LogP contribution in [0.1, 0.15) is 5.69 Å². The lowest BCUT2D eigenvalue weighted by Crippen LogP contribution is -2.08. The minimum absolute atomic E-state index is 0.397. The minimum atomic E-state index is 0.397. The number of methoxy groups -OCH3 is 2. The SMILES string of the molecule is COCCn1c(C#N)cc(N)c1Oc1ccccc1OC. The van der Waals surface area contributed by atoms with Gasteiger partial charge in [-0.2, -0.15) is 5.26 Å². The molecule has 1 aromatic heterocycles. The first-order valence-electron chi connectivity index (χ1n) is 6.40. The molecule has 2 aromatic rings. The lowest BCUT2D eigenvalue weighted by atomic mass is 10.3. The molecule has 0 unspecified atom stereocenters. The van der Waals surface area contributed by atoms with Gasteiger partial charge in [-0.05, 0) is 12.1 Å². The Morgan fingerprint density at radius 2 is 1.95 bits per heavy atom. The van der Waals surface area contributed by atoms with Crippen LogP contribution < -0.4 is 15.2 Å². The molecular formula is C15H17N3O3. The molecule has 0 saturated carbocycles. The smallest absolute Gasteiger partial charge is 0.224 e. The summed E-state index contributed by atoms with van der Waals surface area (Å²) in [6.07, 6.45) is 0. The molecule has 2 rings (SSSR count). The number of hydrogen-bond acceptors (Lipinski definition) is 5. The van der Waals surface area contributed by atoms with Gasteiger partial charge in [0.1, 0.15) is 11.8 Å². The van der Waals surface area contributed by atoms with E-state index in [9.17, 15) is 5.26 Å². The predicted octanol–water partition coefficient (Wildman–Crippen LogP) is 2.39. The van der Waals surface area contributed by atoms with E-state index in [1.807, 2.05) is 12.1 Å². The van der Waals surface area contributed by atoms with Gasteiger partial charge in [-0.25, -0.2) is 0 Å². The number of ether oxygens (including phenoxy) is 3. The first-order valence-corrected chi connectivity index (χ1v) is 6.40. The van der Waals surface area contributed by atoms with Gasteiger partial charge < -0.3 is 19.9 Å². The summed E-state index contributed by atoms with van der Waals surface area (Å²) in [5, 5.41) is 9.17. The number of nitrogens with zero attached hydrogens (tertiary/aromatic N) is 2. The van der Waals surface area contributed by atoms with Crippen LogP contribution in [0, 0.1) is 11.3 Å². The average molecular weight is 287 g/mol. The molecule has 0 radical (unpaired) electrons. The van der Waals surface area contributed by atoms with Crippen molar-refractivity contribution in [1.29, 1.82) is 5.26 Å². The molecule has 0 aliphatic rings. The third-order valence-electron chi connectivity index (χ3n) is 2.98. The number of para-hydroxylation sites is 2. The number of anilines is 1. The van der Waals surface area contributed by atoms with Crippen molar-refractivity contribution in [2.24, 2.45) is 0 Å². The van der Waals surface area contributed by atoms with Gasteiger partial charge in [-0.15, -0.1) is 0 Å². The fourth-order valence-electron chi connectivity index (χ4n) is 1.97. The molecule has 21 heavy (non-hydrogen) atoms. The highest BCUT2D eigenvalue weighted by Crippen LogP contribution is 2.35. The second kappa shape index (κ2) is 6.68. The number of nitriles is 1. The van der Waals surface area contributed by atoms with Crippen LogP contribution >= 0.6 is 0 Å². The van der Waals surface area contributed by atoms with Crippen molar-refractivity contribution < 1.29 is 14.2 Å². The Labute approximate surface area is 123 Å². The summed E-state index contributed by atoms with van der Waals surface area (Å²) in [6, 6.07) is 10.9. The van der Waals surface area contributed by atoms with Gasteiger partial charge in [0, 0.05) is 13.2 Å². The van der Waals surface area contributed by atoms with Gasteiger partial charge in [0.15, 0.2) is 11.5 Å². The van der Waals surface area contributed by atoms with Crippen molar-refractivity contribution in [3.8, 4) is 23.4 Å². The monoisotopic (exact) mass is 287 g/mol. The molecule has 0 atom stereocenters. The Balaban J connectivity index is 2.39. The van der Waals surface area contributed by atoms with Crippen molar-refractivity contribution in [1.82, 2.24) is 4.57 Å². The van der Waals surface area contributed by atoms with Gasteiger partial charge in [0.05, 0.1) is 25.9 Å². The van der Waals surface area contributed by atoms with Crippen LogP contribution in [-0.2, 0) is 11.3 Å². The van der Waals surface area contributed by atoms with Crippen molar-refractivity contribution in [3.63, 3.8) is 0 Å². The second-order valence-electron chi connectivity index (χ2n) is 4.30. The van der Waals surface area contributed by atoms with E-state index in [0.717, 1.165) is 0 Å². The topological polar surface area (TPSA) is 82.4 Å². The number of hydrogen-bond donors (Lipinski definition) is 1. The normalized spacial score (nSPS) is 10.1. The molecule has 2 N–H and O–H groups in total. The Bertz CT molecular complexity index is 659. The Kier molecular flexibility index (Phi) is 4.69. The summed E-state index contributed by atoms with van der Waals surface area (Å²) in [6.45, 7) is 0.923. The molecule has 110 valence electrons. The van der Waals surface area contributed by atoms with Crippen LogP contribution in [0.15, 0.2) is 30.3 Å². The van der Waals surface area contributed by atoms with E-state index in [4.69, 9.17) is 19.9 Å². The molecular weight excluding hydrogens is 270 g/mol.